The molecule has 0 saturated carbocycles. The van der Waals surface area contributed by atoms with Gasteiger partial charge in [0.1, 0.15) is 5.82 Å². The van der Waals surface area contributed by atoms with E-state index in [1.54, 1.807) is 0 Å². The van der Waals surface area contributed by atoms with E-state index in [0.29, 0.717) is 6.54 Å². The van der Waals surface area contributed by atoms with Crippen molar-refractivity contribution in [2.75, 3.05) is 6.54 Å². The molecule has 2 aromatic rings. The average Bonchev–Trinajstić information content (AvgIpc) is 2.67. The van der Waals surface area contributed by atoms with Crippen LogP contribution in [0.4, 0.5) is 0 Å². The number of nitrogens with zero attached hydrogens (tertiary/aromatic N) is 3. The number of aryl methyl sites for hydroxylation is 2. The Kier molecular flexibility index (Phi) is 2.96. The van der Waals surface area contributed by atoms with Gasteiger partial charge in [-0.25, -0.2) is 9.97 Å². The van der Waals surface area contributed by atoms with Crippen LogP contribution in [0, 0.1) is 13.8 Å². The minimum atomic E-state index is 0.609. The molecule has 2 aromatic heterocycles. The van der Waals surface area contributed by atoms with Gasteiger partial charge in [0, 0.05) is 11.8 Å². The third-order valence-corrected chi connectivity index (χ3v) is 2.50. The molecule has 0 aliphatic carbocycles. The molecule has 5 nitrogen and oxygen atoms in total. The van der Waals surface area contributed by atoms with Crippen molar-refractivity contribution < 1.29 is 0 Å². The summed E-state index contributed by atoms with van der Waals surface area (Å²) in [5.74, 6) is 0.779. The molecule has 5 heteroatoms. The highest BCUT2D eigenvalue weighted by Gasteiger charge is 2.10. The van der Waals surface area contributed by atoms with E-state index >= 15 is 0 Å². The first-order valence-corrected chi connectivity index (χ1v) is 5.25. The molecule has 0 aromatic carbocycles. The molecule has 2 rings (SSSR count). The third-order valence-electron chi connectivity index (χ3n) is 2.50. The van der Waals surface area contributed by atoms with Gasteiger partial charge in [0.25, 0.3) is 0 Å². The minimum absolute atomic E-state index is 0.609. The summed E-state index contributed by atoms with van der Waals surface area (Å²) in [5.41, 5.74) is 9.59. The lowest BCUT2D eigenvalue weighted by atomic mass is 10.1. The van der Waals surface area contributed by atoms with E-state index in [1.807, 2.05) is 26.2 Å². The largest absolute Gasteiger partial charge is 0.330 e. The Balaban J connectivity index is 2.46. The topological polar surface area (TPSA) is 80.5 Å². The Morgan fingerprint density at radius 3 is 2.81 bits per heavy atom. The van der Waals surface area contributed by atoms with Crippen molar-refractivity contribution in [1.82, 2.24) is 20.2 Å². The van der Waals surface area contributed by atoms with E-state index in [0.717, 1.165) is 34.8 Å². The Morgan fingerprint density at radius 1 is 1.31 bits per heavy atom. The lowest BCUT2D eigenvalue weighted by Crippen LogP contribution is -2.03. The van der Waals surface area contributed by atoms with Gasteiger partial charge in [-0.05, 0) is 32.4 Å². The van der Waals surface area contributed by atoms with Gasteiger partial charge in [0.15, 0.2) is 0 Å². The molecule has 16 heavy (non-hydrogen) atoms. The highest BCUT2D eigenvalue weighted by molar-refractivity contribution is 5.63. The van der Waals surface area contributed by atoms with Crippen LogP contribution in [0.5, 0.6) is 0 Å². The SMILES string of the molecule is Cc1ncc(-c2[nH]ncc2CCN)c(C)n1. The molecule has 0 bridgehead atoms. The van der Waals surface area contributed by atoms with E-state index in [9.17, 15) is 0 Å². The van der Waals surface area contributed by atoms with Crippen LogP contribution in [0.3, 0.4) is 0 Å². The predicted molar refractivity (Wildman–Crippen MR) is 61.8 cm³/mol. The first-order valence-electron chi connectivity index (χ1n) is 5.25. The molecule has 0 unspecified atom stereocenters. The molecular formula is C11H15N5. The fourth-order valence-electron chi connectivity index (χ4n) is 1.72. The number of nitrogens with one attached hydrogen (secondary N) is 1. The van der Waals surface area contributed by atoms with Crippen molar-refractivity contribution in [2.24, 2.45) is 5.73 Å². The summed E-state index contributed by atoms with van der Waals surface area (Å²) in [5, 5.41) is 7.03. The van der Waals surface area contributed by atoms with Gasteiger partial charge in [0.05, 0.1) is 17.6 Å². The van der Waals surface area contributed by atoms with Gasteiger partial charge in [-0.3, -0.25) is 5.10 Å². The number of aromatic nitrogens is 4. The highest BCUT2D eigenvalue weighted by atomic mass is 15.1. The highest BCUT2D eigenvalue weighted by Crippen LogP contribution is 2.22. The van der Waals surface area contributed by atoms with Crippen LogP contribution in [0.1, 0.15) is 17.1 Å². The fraction of sp³-hybridized carbons (Fsp3) is 0.364. The zero-order chi connectivity index (χ0) is 11.5. The van der Waals surface area contributed by atoms with Crippen LogP contribution in [0.25, 0.3) is 11.3 Å². The smallest absolute Gasteiger partial charge is 0.125 e. The molecule has 0 radical (unpaired) electrons. The van der Waals surface area contributed by atoms with Crippen LogP contribution in [0.2, 0.25) is 0 Å². The van der Waals surface area contributed by atoms with Gasteiger partial charge in [0.2, 0.25) is 0 Å². The zero-order valence-corrected chi connectivity index (χ0v) is 9.49. The third kappa shape index (κ3) is 1.94. The van der Waals surface area contributed by atoms with Gasteiger partial charge >= 0.3 is 0 Å². The van der Waals surface area contributed by atoms with E-state index in [1.165, 1.54) is 0 Å². The molecule has 2 heterocycles. The zero-order valence-electron chi connectivity index (χ0n) is 9.49. The van der Waals surface area contributed by atoms with Crippen molar-refractivity contribution >= 4 is 0 Å². The van der Waals surface area contributed by atoms with Crippen LogP contribution in [0.15, 0.2) is 12.4 Å². The van der Waals surface area contributed by atoms with E-state index in [4.69, 9.17) is 5.73 Å². The molecule has 0 aliphatic heterocycles. The number of nitrogens with two attached hydrogens (primary N) is 1. The van der Waals surface area contributed by atoms with Crippen LogP contribution < -0.4 is 5.73 Å². The fourth-order valence-corrected chi connectivity index (χ4v) is 1.72. The molecular weight excluding hydrogens is 202 g/mol. The van der Waals surface area contributed by atoms with Crippen molar-refractivity contribution in [2.45, 2.75) is 20.3 Å². The van der Waals surface area contributed by atoms with E-state index < -0.39 is 0 Å². The summed E-state index contributed by atoms with van der Waals surface area (Å²) in [7, 11) is 0. The molecule has 0 fully saturated rings. The standard InChI is InChI=1S/C11H15N5/c1-7-10(6-13-8(2)15-7)11-9(3-4-12)5-14-16-11/h5-6H,3-4,12H2,1-2H3,(H,14,16). The molecule has 0 spiro atoms. The monoisotopic (exact) mass is 217 g/mol. The maximum Gasteiger partial charge on any atom is 0.125 e. The summed E-state index contributed by atoms with van der Waals surface area (Å²) in [6.45, 7) is 4.46. The number of aromatic amines is 1. The van der Waals surface area contributed by atoms with Crippen molar-refractivity contribution in [3.63, 3.8) is 0 Å². The quantitative estimate of drug-likeness (QED) is 0.803. The molecule has 0 amide bonds. The van der Waals surface area contributed by atoms with Crippen LogP contribution in [-0.2, 0) is 6.42 Å². The van der Waals surface area contributed by atoms with Gasteiger partial charge in [-0.2, -0.15) is 5.10 Å². The maximum atomic E-state index is 5.56. The summed E-state index contributed by atoms with van der Waals surface area (Å²) < 4.78 is 0. The number of H-pyrrole nitrogens is 1. The lowest BCUT2D eigenvalue weighted by Gasteiger charge is -2.05. The molecule has 3 N–H and O–H groups in total. The second kappa shape index (κ2) is 4.40. The Labute approximate surface area is 94.1 Å². The summed E-state index contributed by atoms with van der Waals surface area (Å²) in [4.78, 5) is 8.55. The van der Waals surface area contributed by atoms with Crippen molar-refractivity contribution in [1.29, 1.82) is 0 Å². The summed E-state index contributed by atoms with van der Waals surface area (Å²) in [6, 6.07) is 0. The van der Waals surface area contributed by atoms with E-state index in [2.05, 4.69) is 20.2 Å². The molecule has 84 valence electrons. The van der Waals surface area contributed by atoms with Crippen molar-refractivity contribution in [3.8, 4) is 11.3 Å². The van der Waals surface area contributed by atoms with Crippen molar-refractivity contribution in [3.05, 3.63) is 29.5 Å². The minimum Gasteiger partial charge on any atom is -0.330 e. The van der Waals surface area contributed by atoms with Gasteiger partial charge in [-0.15, -0.1) is 0 Å². The van der Waals surface area contributed by atoms with Crippen LogP contribution in [-0.4, -0.2) is 26.7 Å². The Morgan fingerprint density at radius 2 is 2.12 bits per heavy atom. The van der Waals surface area contributed by atoms with Gasteiger partial charge in [-0.1, -0.05) is 0 Å². The lowest BCUT2D eigenvalue weighted by molar-refractivity contribution is 0.966. The van der Waals surface area contributed by atoms with Gasteiger partial charge < -0.3 is 5.73 Å². The Hall–Kier alpha value is -1.75. The first kappa shape index (κ1) is 10.8. The first-order chi connectivity index (χ1) is 7.72. The molecule has 0 saturated heterocycles. The number of rotatable bonds is 3. The summed E-state index contributed by atoms with van der Waals surface area (Å²) >= 11 is 0. The maximum absolute atomic E-state index is 5.56. The Bertz CT molecular complexity index is 489. The molecule has 0 atom stereocenters. The summed E-state index contributed by atoms with van der Waals surface area (Å²) in [6.07, 6.45) is 4.44. The van der Waals surface area contributed by atoms with Crippen LogP contribution >= 0.6 is 0 Å². The molecule has 0 aliphatic rings. The second-order valence-corrected chi connectivity index (χ2v) is 3.73. The van der Waals surface area contributed by atoms with E-state index in [-0.39, 0.29) is 0 Å². The predicted octanol–water partition coefficient (Wildman–Crippen LogP) is 0.985. The normalized spacial score (nSPS) is 10.7. The number of hydrogen-bond acceptors (Lipinski definition) is 4. The average molecular weight is 217 g/mol. The second-order valence-electron chi connectivity index (χ2n) is 3.73. The number of hydrogen-bond donors (Lipinski definition) is 2.